The molecule has 24 heavy (non-hydrogen) atoms. The second-order valence-electron chi connectivity index (χ2n) is 5.86. The summed E-state index contributed by atoms with van der Waals surface area (Å²) in [6.45, 7) is 0. The van der Waals surface area contributed by atoms with Crippen molar-refractivity contribution >= 4 is 23.5 Å². The molecular formula is C17H18ClN3O3. The predicted octanol–water partition coefficient (Wildman–Crippen LogP) is 2.80. The Kier molecular flexibility index (Phi) is 4.85. The minimum atomic E-state index is -0.322. The molecule has 1 saturated carbocycles. The smallest absolute Gasteiger partial charge is 0.307 e. The van der Waals surface area contributed by atoms with Crippen LogP contribution in [0.3, 0.4) is 0 Å². The minimum Gasteiger partial charge on any atom is -0.469 e. The molecule has 126 valence electrons. The van der Waals surface area contributed by atoms with Crippen molar-refractivity contribution in [1.82, 2.24) is 15.5 Å². The number of carbonyl (C=O) groups excluding carboxylic acids is 2. The maximum absolute atomic E-state index is 12.6. The van der Waals surface area contributed by atoms with E-state index in [0.29, 0.717) is 22.2 Å². The molecule has 1 fully saturated rings. The van der Waals surface area contributed by atoms with Gasteiger partial charge < -0.3 is 10.1 Å². The number of nitrogens with one attached hydrogen (secondary N) is 2. The van der Waals surface area contributed by atoms with Crippen LogP contribution in [0.15, 0.2) is 30.5 Å². The molecular weight excluding hydrogens is 330 g/mol. The van der Waals surface area contributed by atoms with Gasteiger partial charge in [0.2, 0.25) is 0 Å². The molecule has 0 aliphatic heterocycles. The normalized spacial score (nSPS) is 14.9. The summed E-state index contributed by atoms with van der Waals surface area (Å²) in [6, 6.07) is 6.93. The SMILES string of the molecule is COC(=O)CC(NC(=O)c1cn[nH]c1-c1ccc(Cl)cc1)C1CC1. The van der Waals surface area contributed by atoms with E-state index in [0.717, 1.165) is 18.4 Å². The molecule has 0 bridgehead atoms. The molecule has 1 amide bonds. The molecule has 1 aliphatic rings. The molecule has 1 unspecified atom stereocenters. The number of hydrogen-bond donors (Lipinski definition) is 2. The number of carbonyl (C=O) groups is 2. The zero-order valence-electron chi connectivity index (χ0n) is 13.2. The molecule has 2 aromatic rings. The highest BCUT2D eigenvalue weighted by Crippen LogP contribution is 2.34. The van der Waals surface area contributed by atoms with E-state index in [-0.39, 0.29) is 24.3 Å². The maximum Gasteiger partial charge on any atom is 0.307 e. The van der Waals surface area contributed by atoms with Crippen molar-refractivity contribution in [2.75, 3.05) is 7.11 Å². The highest BCUT2D eigenvalue weighted by molar-refractivity contribution is 6.30. The van der Waals surface area contributed by atoms with Crippen LogP contribution in [0.25, 0.3) is 11.3 Å². The third-order valence-electron chi connectivity index (χ3n) is 4.14. The number of nitrogens with zero attached hydrogens (tertiary/aromatic N) is 1. The Labute approximate surface area is 144 Å². The standard InChI is InChI=1S/C17H18ClN3O3/c1-24-15(22)8-14(10-2-3-10)20-17(23)13-9-19-21-16(13)11-4-6-12(18)7-5-11/h4-7,9-10,14H,2-3,8H2,1H3,(H,19,21)(H,20,23). The topological polar surface area (TPSA) is 84.1 Å². The number of esters is 1. The van der Waals surface area contributed by atoms with Gasteiger partial charge >= 0.3 is 5.97 Å². The van der Waals surface area contributed by atoms with E-state index in [9.17, 15) is 9.59 Å². The number of aromatic nitrogens is 2. The Hall–Kier alpha value is -2.34. The van der Waals surface area contributed by atoms with Gasteiger partial charge in [0.05, 0.1) is 31.0 Å². The monoisotopic (exact) mass is 347 g/mol. The lowest BCUT2D eigenvalue weighted by molar-refractivity contribution is -0.141. The predicted molar refractivity (Wildman–Crippen MR) is 89.6 cm³/mol. The van der Waals surface area contributed by atoms with Crippen LogP contribution in [0.5, 0.6) is 0 Å². The third kappa shape index (κ3) is 3.76. The first-order valence-corrected chi connectivity index (χ1v) is 8.13. The summed E-state index contributed by atoms with van der Waals surface area (Å²) in [7, 11) is 1.35. The summed E-state index contributed by atoms with van der Waals surface area (Å²) < 4.78 is 4.71. The highest BCUT2D eigenvalue weighted by Gasteiger charge is 2.34. The summed E-state index contributed by atoms with van der Waals surface area (Å²) in [6.07, 6.45) is 3.69. The third-order valence-corrected chi connectivity index (χ3v) is 4.39. The Balaban J connectivity index is 1.76. The van der Waals surface area contributed by atoms with Crippen LogP contribution in [0.1, 0.15) is 29.6 Å². The van der Waals surface area contributed by atoms with Crippen LogP contribution in [-0.4, -0.2) is 35.2 Å². The molecule has 2 N–H and O–H groups in total. The number of rotatable bonds is 6. The van der Waals surface area contributed by atoms with Gasteiger partial charge in [0.15, 0.2) is 0 Å². The van der Waals surface area contributed by atoms with Crippen molar-refractivity contribution in [2.45, 2.75) is 25.3 Å². The first-order chi connectivity index (χ1) is 11.6. The molecule has 0 spiro atoms. The lowest BCUT2D eigenvalue weighted by Crippen LogP contribution is -2.38. The number of hydrogen-bond acceptors (Lipinski definition) is 4. The van der Waals surface area contributed by atoms with Crippen molar-refractivity contribution < 1.29 is 14.3 Å². The lowest BCUT2D eigenvalue weighted by atomic mass is 10.1. The average molecular weight is 348 g/mol. The van der Waals surface area contributed by atoms with Crippen molar-refractivity contribution in [2.24, 2.45) is 5.92 Å². The molecule has 1 atom stereocenters. The second kappa shape index (κ2) is 7.05. The van der Waals surface area contributed by atoms with Gasteiger partial charge in [0.25, 0.3) is 5.91 Å². The fourth-order valence-electron chi connectivity index (χ4n) is 2.64. The molecule has 0 radical (unpaired) electrons. The zero-order valence-corrected chi connectivity index (χ0v) is 14.0. The first kappa shape index (κ1) is 16.5. The maximum atomic E-state index is 12.6. The second-order valence-corrected chi connectivity index (χ2v) is 6.30. The lowest BCUT2D eigenvalue weighted by Gasteiger charge is -2.17. The summed E-state index contributed by atoms with van der Waals surface area (Å²) in [5, 5.41) is 10.4. The first-order valence-electron chi connectivity index (χ1n) is 7.75. The fourth-order valence-corrected chi connectivity index (χ4v) is 2.76. The van der Waals surface area contributed by atoms with Gasteiger partial charge in [-0.15, -0.1) is 0 Å². The summed E-state index contributed by atoms with van der Waals surface area (Å²) in [5.74, 6) is -0.245. The number of aromatic amines is 1. The zero-order chi connectivity index (χ0) is 17.1. The van der Waals surface area contributed by atoms with E-state index in [1.54, 1.807) is 12.1 Å². The molecule has 0 saturated heterocycles. The van der Waals surface area contributed by atoms with Crippen LogP contribution < -0.4 is 5.32 Å². The Morgan fingerprint density at radius 3 is 2.71 bits per heavy atom. The van der Waals surface area contributed by atoms with E-state index in [2.05, 4.69) is 15.5 Å². The van der Waals surface area contributed by atoms with Gasteiger partial charge in [-0.1, -0.05) is 23.7 Å². The van der Waals surface area contributed by atoms with Crippen LogP contribution in [0.4, 0.5) is 0 Å². The van der Waals surface area contributed by atoms with Gasteiger partial charge in [-0.3, -0.25) is 14.7 Å². The fraction of sp³-hybridized carbons (Fsp3) is 0.353. The van der Waals surface area contributed by atoms with Crippen molar-refractivity contribution in [1.29, 1.82) is 0 Å². The van der Waals surface area contributed by atoms with Gasteiger partial charge in [0.1, 0.15) is 0 Å². The van der Waals surface area contributed by atoms with E-state index in [1.807, 2.05) is 12.1 Å². The average Bonchev–Trinajstić information content (AvgIpc) is 3.31. The van der Waals surface area contributed by atoms with Gasteiger partial charge in [-0.2, -0.15) is 5.10 Å². The van der Waals surface area contributed by atoms with Crippen LogP contribution in [-0.2, 0) is 9.53 Å². The van der Waals surface area contributed by atoms with Gasteiger partial charge in [0, 0.05) is 16.6 Å². The van der Waals surface area contributed by atoms with E-state index in [4.69, 9.17) is 16.3 Å². The molecule has 1 aromatic heterocycles. The molecule has 7 heteroatoms. The Morgan fingerprint density at radius 1 is 1.38 bits per heavy atom. The van der Waals surface area contributed by atoms with E-state index >= 15 is 0 Å². The highest BCUT2D eigenvalue weighted by atomic mass is 35.5. The number of methoxy groups -OCH3 is 1. The molecule has 1 aromatic carbocycles. The van der Waals surface area contributed by atoms with Crippen LogP contribution in [0.2, 0.25) is 5.02 Å². The largest absolute Gasteiger partial charge is 0.469 e. The summed E-state index contributed by atoms with van der Waals surface area (Å²) in [5.41, 5.74) is 1.88. The quantitative estimate of drug-likeness (QED) is 0.787. The van der Waals surface area contributed by atoms with Crippen LogP contribution in [0, 0.1) is 5.92 Å². The van der Waals surface area contributed by atoms with Crippen molar-refractivity contribution in [3.63, 3.8) is 0 Å². The van der Waals surface area contributed by atoms with Gasteiger partial charge in [-0.25, -0.2) is 0 Å². The molecule has 1 aliphatic carbocycles. The number of ether oxygens (including phenoxy) is 1. The van der Waals surface area contributed by atoms with Crippen molar-refractivity contribution in [3.05, 3.63) is 41.0 Å². The van der Waals surface area contributed by atoms with E-state index < -0.39 is 0 Å². The number of halogens is 1. The summed E-state index contributed by atoms with van der Waals surface area (Å²) >= 11 is 5.90. The Morgan fingerprint density at radius 2 is 2.08 bits per heavy atom. The number of amides is 1. The molecule has 6 nitrogen and oxygen atoms in total. The number of benzene rings is 1. The van der Waals surface area contributed by atoms with Crippen LogP contribution >= 0.6 is 11.6 Å². The number of H-pyrrole nitrogens is 1. The summed E-state index contributed by atoms with van der Waals surface area (Å²) in [4.78, 5) is 24.2. The minimum absolute atomic E-state index is 0.182. The van der Waals surface area contributed by atoms with E-state index in [1.165, 1.54) is 13.3 Å². The van der Waals surface area contributed by atoms with Crippen molar-refractivity contribution in [3.8, 4) is 11.3 Å². The Bertz CT molecular complexity index is 738. The molecule has 1 heterocycles. The van der Waals surface area contributed by atoms with Gasteiger partial charge in [-0.05, 0) is 30.9 Å². The molecule has 3 rings (SSSR count).